The third kappa shape index (κ3) is 6.06. The van der Waals surface area contributed by atoms with Gasteiger partial charge >= 0.3 is 0 Å². The average molecular weight is 685 g/mol. The van der Waals surface area contributed by atoms with Crippen LogP contribution in [0.15, 0.2) is 182 Å². The van der Waals surface area contributed by atoms with E-state index in [4.69, 9.17) is 15.0 Å². The zero-order valence-corrected chi connectivity index (χ0v) is 29.5. The topological polar surface area (TPSA) is 50.1 Å². The summed E-state index contributed by atoms with van der Waals surface area (Å²) in [6.45, 7) is 4.27. The summed E-state index contributed by atoms with van der Waals surface area (Å²) >= 11 is 0. The molecule has 6 heteroatoms. The normalized spacial score (nSPS) is 11.2. The highest BCUT2D eigenvalue weighted by atomic mass is 15.2. The van der Waals surface area contributed by atoms with Crippen molar-refractivity contribution in [2.24, 2.45) is 0 Å². The van der Waals surface area contributed by atoms with E-state index in [9.17, 15) is 0 Å². The van der Waals surface area contributed by atoms with Gasteiger partial charge in [-0.05, 0) is 116 Å². The molecule has 254 valence electrons. The van der Waals surface area contributed by atoms with Crippen LogP contribution in [-0.4, -0.2) is 19.5 Å². The van der Waals surface area contributed by atoms with Gasteiger partial charge in [-0.1, -0.05) is 78.9 Å². The summed E-state index contributed by atoms with van der Waals surface area (Å²) in [7, 11) is 0. The number of imidazole rings is 1. The van der Waals surface area contributed by atoms with Gasteiger partial charge in [0, 0.05) is 57.5 Å². The Balaban J connectivity index is 1.38. The Labute approximate surface area is 308 Å². The fourth-order valence-electron chi connectivity index (χ4n) is 7.17. The van der Waals surface area contributed by atoms with Gasteiger partial charge in [-0.15, -0.1) is 0 Å². The molecule has 0 bridgehead atoms. The molecule has 6 nitrogen and oxygen atoms in total. The second-order valence-corrected chi connectivity index (χ2v) is 13.2. The van der Waals surface area contributed by atoms with Crippen LogP contribution in [0.3, 0.4) is 0 Å². The van der Waals surface area contributed by atoms with E-state index in [2.05, 4.69) is 180 Å². The quantitative estimate of drug-likeness (QED) is 0.159. The van der Waals surface area contributed by atoms with Crippen LogP contribution in [-0.2, 0) is 0 Å². The number of fused-ring (bicyclic) bond motifs is 2. The molecule has 0 saturated carbocycles. The number of rotatable bonds is 8. The third-order valence-electron chi connectivity index (χ3n) is 9.49. The molecular weight excluding hydrogens is 649 g/mol. The smallest absolute Gasteiger partial charge is 0.165 e. The van der Waals surface area contributed by atoms with Crippen molar-refractivity contribution in [3.05, 3.63) is 193 Å². The predicted molar refractivity (Wildman–Crippen MR) is 218 cm³/mol. The minimum atomic E-state index is 0.768. The fraction of sp³-hybridized carbons (Fsp3) is 0.0426. The van der Waals surface area contributed by atoms with Gasteiger partial charge in [0.05, 0.1) is 11.2 Å². The predicted octanol–water partition coefficient (Wildman–Crippen LogP) is 12.2. The lowest BCUT2D eigenvalue weighted by molar-refractivity contribution is 1.08. The molecule has 0 aliphatic rings. The van der Waals surface area contributed by atoms with Gasteiger partial charge in [0.2, 0.25) is 0 Å². The minimum absolute atomic E-state index is 0.768. The largest absolute Gasteiger partial charge is 0.310 e. The molecule has 0 radical (unpaired) electrons. The standard InChI is InChI=1S/C47H36N6/c1-33-14-9-22-39(28-33)51(37-18-5-3-6-19-37)41-30-36(31-42(32-41)52(38-20-7-4-8-21-38)40-23-10-15-34(2)29-40)46-50-43-24-13-27-49-47(43)53(46)44-25-11-16-35-17-12-26-48-45(35)44/h3-32H,1-2H3. The number of benzene rings is 6. The number of aryl methyl sites for hydroxylation is 2. The van der Waals surface area contributed by atoms with E-state index in [1.54, 1.807) is 0 Å². The molecule has 0 saturated heterocycles. The lowest BCUT2D eigenvalue weighted by Gasteiger charge is -2.30. The Morgan fingerprint density at radius 3 is 1.62 bits per heavy atom. The van der Waals surface area contributed by atoms with E-state index in [1.807, 2.05) is 30.6 Å². The average Bonchev–Trinajstić information content (AvgIpc) is 3.58. The van der Waals surface area contributed by atoms with Crippen molar-refractivity contribution in [3.8, 4) is 17.1 Å². The molecule has 0 unspecified atom stereocenters. The molecule has 0 aliphatic carbocycles. The van der Waals surface area contributed by atoms with E-state index in [-0.39, 0.29) is 0 Å². The number of para-hydroxylation sites is 3. The molecule has 0 N–H and O–H groups in total. The Bertz CT molecular complexity index is 2610. The Morgan fingerprint density at radius 1 is 0.453 bits per heavy atom. The van der Waals surface area contributed by atoms with Gasteiger partial charge < -0.3 is 9.80 Å². The van der Waals surface area contributed by atoms with Gasteiger partial charge in [-0.2, -0.15) is 0 Å². The first-order valence-corrected chi connectivity index (χ1v) is 17.8. The lowest BCUT2D eigenvalue weighted by atomic mass is 10.1. The van der Waals surface area contributed by atoms with Crippen LogP contribution >= 0.6 is 0 Å². The zero-order valence-electron chi connectivity index (χ0n) is 29.5. The summed E-state index contributed by atoms with van der Waals surface area (Å²) < 4.78 is 2.16. The van der Waals surface area contributed by atoms with Crippen molar-refractivity contribution in [2.45, 2.75) is 13.8 Å². The van der Waals surface area contributed by atoms with E-state index in [0.29, 0.717) is 0 Å². The van der Waals surface area contributed by atoms with Crippen molar-refractivity contribution in [3.63, 3.8) is 0 Å². The highest BCUT2D eigenvalue weighted by Crippen LogP contribution is 2.44. The van der Waals surface area contributed by atoms with Gasteiger partial charge in [0.15, 0.2) is 5.65 Å². The fourth-order valence-corrected chi connectivity index (χ4v) is 7.17. The molecule has 0 aliphatic heterocycles. The molecule has 3 heterocycles. The van der Waals surface area contributed by atoms with Crippen LogP contribution in [0.5, 0.6) is 0 Å². The lowest BCUT2D eigenvalue weighted by Crippen LogP contribution is -2.14. The van der Waals surface area contributed by atoms with Crippen molar-refractivity contribution in [2.75, 3.05) is 9.80 Å². The van der Waals surface area contributed by atoms with Crippen molar-refractivity contribution < 1.29 is 0 Å². The van der Waals surface area contributed by atoms with Crippen LogP contribution in [0.25, 0.3) is 39.1 Å². The van der Waals surface area contributed by atoms with Crippen LogP contribution in [0.2, 0.25) is 0 Å². The summed E-state index contributed by atoms with van der Waals surface area (Å²) in [5.74, 6) is 0.773. The van der Waals surface area contributed by atoms with Gasteiger partial charge in [0.25, 0.3) is 0 Å². The summed E-state index contributed by atoms with van der Waals surface area (Å²) in [6.07, 6.45) is 3.67. The maximum atomic E-state index is 5.32. The summed E-state index contributed by atoms with van der Waals surface area (Å²) in [5, 5.41) is 1.05. The molecule has 6 aromatic carbocycles. The molecule has 0 amide bonds. The van der Waals surface area contributed by atoms with E-state index in [1.165, 1.54) is 11.1 Å². The Hall–Kier alpha value is -7.05. The SMILES string of the molecule is Cc1cccc(N(c2ccccc2)c2cc(-c3nc4cccnc4n3-c3cccc4cccnc34)cc(N(c3ccccc3)c3cccc(C)c3)c2)c1. The highest BCUT2D eigenvalue weighted by Gasteiger charge is 2.23. The summed E-state index contributed by atoms with van der Waals surface area (Å²) in [5.41, 5.74) is 12.9. The summed E-state index contributed by atoms with van der Waals surface area (Å²) in [6, 6.07) is 59.5. The van der Waals surface area contributed by atoms with Crippen LogP contribution in [0.4, 0.5) is 34.1 Å². The maximum Gasteiger partial charge on any atom is 0.165 e. The maximum absolute atomic E-state index is 5.32. The van der Waals surface area contributed by atoms with Gasteiger partial charge in [-0.25, -0.2) is 9.97 Å². The molecule has 9 aromatic rings. The number of anilines is 6. The molecular formula is C47H36N6. The monoisotopic (exact) mass is 684 g/mol. The van der Waals surface area contributed by atoms with E-state index >= 15 is 0 Å². The first-order chi connectivity index (χ1) is 26.1. The number of hydrogen-bond donors (Lipinski definition) is 0. The number of nitrogens with zero attached hydrogens (tertiary/aromatic N) is 6. The van der Waals surface area contributed by atoms with Gasteiger partial charge in [0.1, 0.15) is 11.3 Å². The van der Waals surface area contributed by atoms with E-state index in [0.717, 1.165) is 73.3 Å². The van der Waals surface area contributed by atoms with Crippen molar-refractivity contribution >= 4 is 56.2 Å². The molecule has 0 spiro atoms. The molecule has 53 heavy (non-hydrogen) atoms. The Kier molecular flexibility index (Phi) is 8.18. The number of hydrogen-bond acceptors (Lipinski definition) is 5. The molecule has 0 atom stereocenters. The first kappa shape index (κ1) is 31.9. The minimum Gasteiger partial charge on any atom is -0.310 e. The second-order valence-electron chi connectivity index (χ2n) is 13.2. The molecule has 0 fully saturated rings. The van der Waals surface area contributed by atoms with Crippen molar-refractivity contribution in [1.82, 2.24) is 19.5 Å². The van der Waals surface area contributed by atoms with Crippen LogP contribution in [0.1, 0.15) is 11.1 Å². The highest BCUT2D eigenvalue weighted by molar-refractivity contribution is 5.92. The van der Waals surface area contributed by atoms with Crippen LogP contribution < -0.4 is 9.80 Å². The van der Waals surface area contributed by atoms with E-state index < -0.39 is 0 Å². The molecule has 3 aromatic heterocycles. The third-order valence-corrected chi connectivity index (χ3v) is 9.49. The number of pyridine rings is 2. The Morgan fingerprint density at radius 2 is 1.00 bits per heavy atom. The van der Waals surface area contributed by atoms with Crippen LogP contribution in [0, 0.1) is 13.8 Å². The number of aromatic nitrogens is 4. The van der Waals surface area contributed by atoms with Gasteiger partial charge in [-0.3, -0.25) is 9.55 Å². The van der Waals surface area contributed by atoms with Crippen molar-refractivity contribution in [1.29, 1.82) is 0 Å². The first-order valence-electron chi connectivity index (χ1n) is 17.8. The zero-order chi connectivity index (χ0) is 35.7. The second kappa shape index (κ2) is 13.6. The molecule has 9 rings (SSSR count). The summed E-state index contributed by atoms with van der Waals surface area (Å²) in [4.78, 5) is 19.7.